The van der Waals surface area contributed by atoms with E-state index in [1.807, 2.05) is 0 Å². The average molecular weight is 176 g/mol. The Hall–Kier alpha value is 1.05. The predicted molar refractivity (Wildman–Crippen MR) is 47.7 cm³/mol. The number of rotatable bonds is 0. The van der Waals surface area contributed by atoms with E-state index in [1.54, 1.807) is 0 Å². The Kier molecular flexibility index (Phi) is 0.919. The summed E-state index contributed by atoms with van der Waals surface area (Å²) in [4.78, 5) is 0. The van der Waals surface area contributed by atoms with Gasteiger partial charge in [0.25, 0.3) is 0 Å². The maximum atomic E-state index is 2.27. The van der Waals surface area contributed by atoms with Crippen LogP contribution in [-0.4, -0.2) is 32.5 Å². The number of hydrogen-bond donors (Lipinski definition) is 0. The van der Waals surface area contributed by atoms with Crippen LogP contribution in [-0.2, 0) is 0 Å². The third-order valence-corrected chi connectivity index (χ3v) is 7.98. The van der Waals surface area contributed by atoms with Gasteiger partial charge in [-0.15, -0.1) is 11.8 Å². The molecular weight excluding hydrogens is 168 g/mol. The van der Waals surface area contributed by atoms with Gasteiger partial charge >= 0.3 is 0 Å². The average Bonchev–Trinajstić information content (AvgIpc) is 2.28. The Balaban J connectivity index is 1.85. The number of thioether (sulfide) groups is 3. The second-order valence-electron chi connectivity index (χ2n) is 3.08. The zero-order valence-electron chi connectivity index (χ0n) is 5.05. The predicted octanol–water partition coefficient (Wildman–Crippen LogP) is 1.70. The maximum Gasteiger partial charge on any atom is 0.0509 e. The highest BCUT2D eigenvalue weighted by molar-refractivity contribution is 8.18. The molecule has 0 N–H and O–H groups in total. The Bertz CT molecular complexity index is 140. The lowest BCUT2D eigenvalue weighted by Crippen LogP contribution is -2.45. The Morgan fingerprint density at radius 3 is 1.33 bits per heavy atom. The van der Waals surface area contributed by atoms with Gasteiger partial charge < -0.3 is 0 Å². The van der Waals surface area contributed by atoms with E-state index >= 15 is 0 Å². The fourth-order valence-corrected chi connectivity index (χ4v) is 7.12. The third kappa shape index (κ3) is 0.498. The van der Waals surface area contributed by atoms with Crippen LogP contribution in [0.1, 0.15) is 0 Å². The SMILES string of the molecule is C1SCC12SC21CSC1. The zero-order chi connectivity index (χ0) is 5.95. The van der Waals surface area contributed by atoms with E-state index in [2.05, 4.69) is 35.3 Å². The highest BCUT2D eigenvalue weighted by Crippen LogP contribution is 2.75. The van der Waals surface area contributed by atoms with Crippen molar-refractivity contribution in [2.24, 2.45) is 0 Å². The van der Waals surface area contributed by atoms with Gasteiger partial charge in [0.15, 0.2) is 0 Å². The maximum absolute atomic E-state index is 2.27. The molecule has 0 aromatic rings. The minimum atomic E-state index is 0.822. The first-order valence-corrected chi connectivity index (χ1v) is 6.35. The van der Waals surface area contributed by atoms with E-state index in [1.165, 1.54) is 23.0 Å². The summed E-state index contributed by atoms with van der Waals surface area (Å²) < 4.78 is 1.64. The van der Waals surface area contributed by atoms with Gasteiger partial charge in [0, 0.05) is 23.0 Å². The second kappa shape index (κ2) is 1.46. The van der Waals surface area contributed by atoms with Crippen LogP contribution in [0.3, 0.4) is 0 Å². The van der Waals surface area contributed by atoms with Crippen molar-refractivity contribution >= 4 is 35.3 Å². The van der Waals surface area contributed by atoms with Crippen molar-refractivity contribution in [2.75, 3.05) is 23.0 Å². The van der Waals surface area contributed by atoms with Crippen molar-refractivity contribution in [3.8, 4) is 0 Å². The lowest BCUT2D eigenvalue weighted by Gasteiger charge is -2.34. The zero-order valence-corrected chi connectivity index (χ0v) is 7.50. The fraction of sp³-hybridized carbons (Fsp3) is 1.00. The summed E-state index contributed by atoms with van der Waals surface area (Å²) >= 11 is 6.53. The first-order valence-electron chi connectivity index (χ1n) is 3.23. The quantitative estimate of drug-likeness (QED) is 0.516. The molecule has 3 heteroatoms. The molecule has 9 heavy (non-hydrogen) atoms. The molecule has 0 nitrogen and oxygen atoms in total. The molecule has 3 rings (SSSR count). The topological polar surface area (TPSA) is 0 Å². The molecule has 0 aromatic carbocycles. The summed E-state index contributed by atoms with van der Waals surface area (Å²) in [6.07, 6.45) is 0. The van der Waals surface area contributed by atoms with Crippen molar-refractivity contribution in [1.82, 2.24) is 0 Å². The van der Waals surface area contributed by atoms with Crippen molar-refractivity contribution < 1.29 is 0 Å². The minimum absolute atomic E-state index is 0.822. The monoisotopic (exact) mass is 176 g/mol. The molecule has 0 unspecified atom stereocenters. The molecule has 0 amide bonds. The van der Waals surface area contributed by atoms with Gasteiger partial charge in [-0.05, 0) is 0 Å². The lowest BCUT2D eigenvalue weighted by atomic mass is 9.98. The fourth-order valence-electron chi connectivity index (χ4n) is 1.57. The van der Waals surface area contributed by atoms with Gasteiger partial charge in [0.1, 0.15) is 0 Å². The van der Waals surface area contributed by atoms with Gasteiger partial charge in [-0.25, -0.2) is 0 Å². The van der Waals surface area contributed by atoms with Crippen molar-refractivity contribution in [1.29, 1.82) is 0 Å². The highest BCUT2D eigenvalue weighted by Gasteiger charge is 2.74. The van der Waals surface area contributed by atoms with Crippen LogP contribution in [0, 0.1) is 0 Å². The molecule has 0 bridgehead atoms. The Morgan fingerprint density at radius 2 is 1.22 bits per heavy atom. The van der Waals surface area contributed by atoms with Gasteiger partial charge in [-0.3, -0.25) is 0 Å². The van der Waals surface area contributed by atoms with Gasteiger partial charge in [0.05, 0.1) is 9.49 Å². The first kappa shape index (κ1) is 5.67. The van der Waals surface area contributed by atoms with Crippen LogP contribution in [0.2, 0.25) is 0 Å². The summed E-state index contributed by atoms with van der Waals surface area (Å²) in [5.74, 6) is 5.83. The molecule has 2 spiro atoms. The van der Waals surface area contributed by atoms with Gasteiger partial charge in [-0.1, -0.05) is 0 Å². The van der Waals surface area contributed by atoms with Gasteiger partial charge in [0.2, 0.25) is 0 Å². The molecule has 3 saturated heterocycles. The van der Waals surface area contributed by atoms with Crippen LogP contribution < -0.4 is 0 Å². The smallest absolute Gasteiger partial charge is 0.0509 e. The second-order valence-corrected chi connectivity index (χ2v) is 6.81. The highest BCUT2D eigenvalue weighted by atomic mass is 32.2. The van der Waals surface area contributed by atoms with Crippen LogP contribution >= 0.6 is 35.3 Å². The summed E-state index contributed by atoms with van der Waals surface area (Å²) in [6.45, 7) is 0. The molecule has 50 valence electrons. The van der Waals surface area contributed by atoms with Crippen molar-refractivity contribution in [3.05, 3.63) is 0 Å². The summed E-state index contributed by atoms with van der Waals surface area (Å²) in [6, 6.07) is 0. The van der Waals surface area contributed by atoms with E-state index in [9.17, 15) is 0 Å². The molecule has 3 aliphatic heterocycles. The largest absolute Gasteiger partial charge is 0.159 e. The summed E-state index contributed by atoms with van der Waals surface area (Å²) in [5, 5.41) is 0. The standard InChI is InChI=1S/C6H8S3/c1-5(2-7-1)6(9-5)3-8-4-6/h1-4H2. The van der Waals surface area contributed by atoms with E-state index in [4.69, 9.17) is 0 Å². The number of fused-ring (bicyclic) bond motifs is 1. The molecule has 0 aromatic heterocycles. The molecule has 0 radical (unpaired) electrons. The van der Waals surface area contributed by atoms with E-state index < -0.39 is 0 Å². The van der Waals surface area contributed by atoms with Crippen LogP contribution in [0.25, 0.3) is 0 Å². The van der Waals surface area contributed by atoms with Crippen molar-refractivity contribution in [2.45, 2.75) is 9.49 Å². The Morgan fingerprint density at radius 1 is 0.778 bits per heavy atom. The van der Waals surface area contributed by atoms with Crippen LogP contribution in [0.4, 0.5) is 0 Å². The van der Waals surface area contributed by atoms with E-state index in [0.717, 1.165) is 9.49 Å². The lowest BCUT2D eigenvalue weighted by molar-refractivity contribution is 0.638. The molecule has 3 aliphatic rings. The van der Waals surface area contributed by atoms with Crippen molar-refractivity contribution in [3.63, 3.8) is 0 Å². The number of hydrogen-bond acceptors (Lipinski definition) is 3. The third-order valence-electron chi connectivity index (χ3n) is 2.52. The molecule has 3 fully saturated rings. The Labute approximate surface area is 67.9 Å². The van der Waals surface area contributed by atoms with E-state index in [0.29, 0.717) is 0 Å². The molecule has 0 aliphatic carbocycles. The first-order chi connectivity index (χ1) is 4.37. The van der Waals surface area contributed by atoms with Gasteiger partial charge in [-0.2, -0.15) is 23.5 Å². The van der Waals surface area contributed by atoms with Crippen LogP contribution in [0.5, 0.6) is 0 Å². The minimum Gasteiger partial charge on any atom is -0.159 e. The van der Waals surface area contributed by atoms with Crippen LogP contribution in [0.15, 0.2) is 0 Å². The summed E-state index contributed by atoms with van der Waals surface area (Å²) in [5.41, 5.74) is 0. The molecular formula is C6H8S3. The van der Waals surface area contributed by atoms with E-state index in [-0.39, 0.29) is 0 Å². The molecule has 0 saturated carbocycles. The molecule has 3 heterocycles. The summed E-state index contributed by atoms with van der Waals surface area (Å²) in [7, 11) is 0. The normalized spacial score (nSPS) is 40.0. The molecule has 0 atom stereocenters.